The first kappa shape index (κ1) is 18.7. The number of hydrogen-bond acceptors (Lipinski definition) is 4. The highest BCUT2D eigenvalue weighted by Gasteiger charge is 2.26. The van der Waals surface area contributed by atoms with Crippen molar-refractivity contribution < 1.29 is 0 Å². The van der Waals surface area contributed by atoms with Crippen molar-refractivity contribution in [3.8, 4) is 0 Å². The summed E-state index contributed by atoms with van der Waals surface area (Å²) in [5, 5.41) is 3.64. The minimum absolute atomic E-state index is 0.427. The van der Waals surface area contributed by atoms with E-state index in [2.05, 4.69) is 57.0 Å². The van der Waals surface area contributed by atoms with Gasteiger partial charge in [-0.2, -0.15) is 0 Å². The summed E-state index contributed by atoms with van der Waals surface area (Å²) in [4.78, 5) is 12.0. The third kappa shape index (κ3) is 3.69. The molecule has 140 valence electrons. The normalized spacial score (nSPS) is 14.9. The summed E-state index contributed by atoms with van der Waals surface area (Å²) in [6, 6.07) is 4.97. The second-order valence-corrected chi connectivity index (χ2v) is 7.76. The number of aryl methyl sites for hydroxylation is 4. The van der Waals surface area contributed by atoms with Crippen molar-refractivity contribution in [2.75, 3.05) is 16.8 Å². The Labute approximate surface area is 158 Å². The van der Waals surface area contributed by atoms with E-state index < -0.39 is 0 Å². The molecule has 0 amide bonds. The van der Waals surface area contributed by atoms with Gasteiger partial charge in [0, 0.05) is 23.8 Å². The Kier molecular flexibility index (Phi) is 5.49. The highest BCUT2D eigenvalue weighted by molar-refractivity contribution is 5.73. The van der Waals surface area contributed by atoms with Gasteiger partial charge < -0.3 is 10.2 Å². The summed E-state index contributed by atoms with van der Waals surface area (Å²) in [5.41, 5.74) is 6.53. The number of aromatic nitrogens is 2. The molecule has 3 rings (SSSR count). The molecule has 0 fully saturated rings. The topological polar surface area (TPSA) is 41.1 Å². The number of rotatable bonds is 5. The quantitative estimate of drug-likeness (QED) is 0.783. The van der Waals surface area contributed by atoms with E-state index in [-0.39, 0.29) is 0 Å². The highest BCUT2D eigenvalue weighted by Crippen LogP contribution is 2.38. The lowest BCUT2D eigenvalue weighted by atomic mass is 9.99. The zero-order valence-electron chi connectivity index (χ0n) is 17.1. The molecule has 1 atom stereocenters. The van der Waals surface area contributed by atoms with Crippen molar-refractivity contribution in [3.05, 3.63) is 40.2 Å². The summed E-state index contributed by atoms with van der Waals surface area (Å²) in [6.07, 6.45) is 4.49. The third-order valence-electron chi connectivity index (χ3n) is 5.17. The van der Waals surface area contributed by atoms with Gasteiger partial charge in [0.1, 0.15) is 17.5 Å². The number of nitrogens with zero attached hydrogens (tertiary/aromatic N) is 3. The van der Waals surface area contributed by atoms with Gasteiger partial charge in [0.2, 0.25) is 0 Å². The summed E-state index contributed by atoms with van der Waals surface area (Å²) >= 11 is 0. The first-order valence-electron chi connectivity index (χ1n) is 9.90. The Balaban J connectivity index is 2.07. The smallest absolute Gasteiger partial charge is 0.142 e. The van der Waals surface area contributed by atoms with Gasteiger partial charge >= 0.3 is 0 Å². The molecule has 2 aromatic rings. The molecule has 1 aliphatic heterocycles. The maximum Gasteiger partial charge on any atom is 0.142 e. The lowest BCUT2D eigenvalue weighted by molar-refractivity contribution is 0.679. The third-order valence-corrected chi connectivity index (χ3v) is 5.17. The van der Waals surface area contributed by atoms with Crippen molar-refractivity contribution in [3.63, 3.8) is 0 Å². The molecule has 1 aromatic carbocycles. The molecule has 0 aliphatic carbocycles. The molecule has 4 nitrogen and oxygen atoms in total. The zero-order chi connectivity index (χ0) is 18.8. The largest absolute Gasteiger partial charge is 0.367 e. The van der Waals surface area contributed by atoms with Crippen molar-refractivity contribution in [1.29, 1.82) is 0 Å². The fourth-order valence-corrected chi connectivity index (χ4v) is 4.23. The van der Waals surface area contributed by atoms with Gasteiger partial charge in [-0.3, -0.25) is 0 Å². The van der Waals surface area contributed by atoms with Crippen molar-refractivity contribution in [2.45, 2.75) is 73.3 Å². The Morgan fingerprint density at radius 2 is 1.81 bits per heavy atom. The molecule has 0 saturated carbocycles. The summed E-state index contributed by atoms with van der Waals surface area (Å²) in [6.45, 7) is 14.1. The van der Waals surface area contributed by atoms with Crippen LogP contribution in [0, 0.1) is 27.7 Å². The van der Waals surface area contributed by atoms with Gasteiger partial charge in [0.05, 0.1) is 0 Å². The number of hydrogen-bond donors (Lipinski definition) is 1. The predicted molar refractivity (Wildman–Crippen MR) is 111 cm³/mol. The molecule has 0 radical (unpaired) electrons. The highest BCUT2D eigenvalue weighted by atomic mass is 15.2. The van der Waals surface area contributed by atoms with Crippen LogP contribution in [0.5, 0.6) is 0 Å². The van der Waals surface area contributed by atoms with Crippen LogP contribution in [0.4, 0.5) is 17.3 Å². The fourth-order valence-electron chi connectivity index (χ4n) is 4.23. The Morgan fingerprint density at radius 3 is 2.46 bits per heavy atom. The number of benzene rings is 1. The Morgan fingerprint density at radius 1 is 1.12 bits per heavy atom. The van der Waals surface area contributed by atoms with E-state index in [1.54, 1.807) is 0 Å². The molecule has 1 aromatic heterocycles. The van der Waals surface area contributed by atoms with E-state index in [1.165, 1.54) is 34.4 Å². The van der Waals surface area contributed by atoms with Crippen molar-refractivity contribution in [2.24, 2.45) is 0 Å². The fraction of sp³-hybridized carbons (Fsp3) is 0.545. The van der Waals surface area contributed by atoms with E-state index in [9.17, 15) is 0 Å². The van der Waals surface area contributed by atoms with Crippen LogP contribution >= 0.6 is 0 Å². The molecule has 0 bridgehead atoms. The predicted octanol–water partition coefficient (Wildman–Crippen LogP) is 5.40. The number of nitrogens with one attached hydrogen (secondary N) is 1. The molecule has 26 heavy (non-hydrogen) atoms. The van der Waals surface area contributed by atoms with Crippen LogP contribution in [-0.4, -0.2) is 22.6 Å². The van der Waals surface area contributed by atoms with E-state index in [4.69, 9.17) is 9.97 Å². The van der Waals surface area contributed by atoms with Crippen molar-refractivity contribution in [1.82, 2.24) is 9.97 Å². The van der Waals surface area contributed by atoms with Crippen LogP contribution in [0.1, 0.15) is 61.2 Å². The Hall–Kier alpha value is -2.10. The lowest BCUT2D eigenvalue weighted by Gasteiger charge is -2.34. The summed E-state index contributed by atoms with van der Waals surface area (Å²) in [7, 11) is 0. The number of anilines is 3. The Bertz CT molecular complexity index is 774. The second-order valence-electron chi connectivity index (χ2n) is 7.76. The van der Waals surface area contributed by atoms with E-state index in [0.717, 1.165) is 43.3 Å². The average Bonchev–Trinajstić information content (AvgIpc) is 2.54. The number of fused-ring (bicyclic) bond motifs is 1. The minimum Gasteiger partial charge on any atom is -0.367 e. The van der Waals surface area contributed by atoms with Gasteiger partial charge in [-0.25, -0.2) is 9.97 Å². The van der Waals surface area contributed by atoms with E-state index in [1.807, 2.05) is 6.92 Å². The first-order chi connectivity index (χ1) is 12.4. The van der Waals surface area contributed by atoms with Gasteiger partial charge in [0.25, 0.3) is 0 Å². The summed E-state index contributed by atoms with van der Waals surface area (Å²) < 4.78 is 0. The molecule has 4 heteroatoms. The second kappa shape index (κ2) is 7.65. The average molecular weight is 353 g/mol. The van der Waals surface area contributed by atoms with Crippen LogP contribution in [0.15, 0.2) is 12.1 Å². The molecular formula is C22H32N4. The minimum atomic E-state index is 0.427. The first-order valence-corrected chi connectivity index (χ1v) is 9.90. The standard InChI is InChI=1S/C22H32N4/c1-7-9-17(5)23-21-19-10-8-11-26(22(19)25-18(6)24-21)20-15(3)12-14(2)13-16(20)4/h12-13,17H,7-11H2,1-6H3,(H,23,24,25). The van der Waals surface area contributed by atoms with Crippen LogP contribution in [0.2, 0.25) is 0 Å². The summed E-state index contributed by atoms with van der Waals surface area (Å²) in [5.74, 6) is 2.95. The van der Waals surface area contributed by atoms with E-state index in [0.29, 0.717) is 6.04 Å². The van der Waals surface area contributed by atoms with Crippen LogP contribution in [-0.2, 0) is 6.42 Å². The molecule has 0 spiro atoms. The van der Waals surface area contributed by atoms with Gasteiger partial charge in [-0.05, 0) is 65.0 Å². The molecule has 1 unspecified atom stereocenters. The van der Waals surface area contributed by atoms with E-state index >= 15 is 0 Å². The monoisotopic (exact) mass is 352 g/mol. The van der Waals surface area contributed by atoms with Crippen LogP contribution < -0.4 is 10.2 Å². The van der Waals surface area contributed by atoms with Crippen LogP contribution in [0.25, 0.3) is 0 Å². The van der Waals surface area contributed by atoms with Gasteiger partial charge in [-0.1, -0.05) is 31.0 Å². The molecule has 0 saturated heterocycles. The van der Waals surface area contributed by atoms with Gasteiger partial charge in [0.15, 0.2) is 0 Å². The van der Waals surface area contributed by atoms with Crippen molar-refractivity contribution >= 4 is 17.3 Å². The molecule has 1 N–H and O–H groups in total. The van der Waals surface area contributed by atoms with Crippen LogP contribution in [0.3, 0.4) is 0 Å². The van der Waals surface area contributed by atoms with Gasteiger partial charge in [-0.15, -0.1) is 0 Å². The molecular weight excluding hydrogens is 320 g/mol. The maximum atomic E-state index is 4.86. The zero-order valence-corrected chi connectivity index (χ0v) is 17.1. The maximum absolute atomic E-state index is 4.86. The molecule has 2 heterocycles. The SMILES string of the molecule is CCCC(C)Nc1nc(C)nc2c1CCCN2c1c(C)cc(C)cc1C. The molecule has 1 aliphatic rings. The lowest BCUT2D eigenvalue weighted by Crippen LogP contribution is -2.29.